The minimum Gasteiger partial charge on any atom is -0.423 e. The van der Waals surface area contributed by atoms with Crippen molar-refractivity contribution in [1.29, 1.82) is 0 Å². The molecule has 4 fully saturated rings. The van der Waals surface area contributed by atoms with E-state index < -0.39 is 44.9 Å². The van der Waals surface area contributed by atoms with Crippen LogP contribution in [0.4, 0.5) is 26.3 Å². The van der Waals surface area contributed by atoms with E-state index in [1.54, 1.807) is 0 Å². The predicted molar refractivity (Wildman–Crippen MR) is 254 cm³/mol. The summed E-state index contributed by atoms with van der Waals surface area (Å²) in [5, 5.41) is 19.2. The minimum atomic E-state index is -4.39. The summed E-state index contributed by atoms with van der Waals surface area (Å²) in [5.74, 6) is 0. The van der Waals surface area contributed by atoms with E-state index in [0.717, 1.165) is 114 Å². The van der Waals surface area contributed by atoms with Gasteiger partial charge in [-0.1, -0.05) is 172 Å². The molecule has 64 heavy (non-hydrogen) atoms. The van der Waals surface area contributed by atoms with Gasteiger partial charge in [0.1, 0.15) is 14.3 Å². The highest BCUT2D eigenvalue weighted by atomic mass is 79.9. The summed E-state index contributed by atoms with van der Waals surface area (Å²) < 4.78 is 105. The lowest BCUT2D eigenvalue weighted by Crippen LogP contribution is -2.30. The number of benzene rings is 4. The molecule has 4 aliphatic carbocycles. The third kappa shape index (κ3) is 12.5. The molecule has 0 aliphatic heterocycles. The molecule has 0 aromatic heterocycles. The Bertz CT molecular complexity index is 2110. The molecule has 4 aromatic carbocycles. The summed E-state index contributed by atoms with van der Waals surface area (Å²) in [6.07, 6.45) is 14.7. The molecule has 0 radical (unpaired) electrons. The summed E-state index contributed by atoms with van der Waals surface area (Å²) in [6, 6.07) is 25.1. The van der Waals surface area contributed by atoms with E-state index in [4.69, 9.17) is 10.0 Å². The van der Waals surface area contributed by atoms with Gasteiger partial charge in [-0.05, 0) is 86.2 Å². The van der Waals surface area contributed by atoms with Crippen LogP contribution in [0.2, 0.25) is 0 Å². The Morgan fingerprint density at radius 3 is 1.14 bits per heavy atom. The number of hydrogen-bond donors (Lipinski definition) is 2. The second kappa shape index (κ2) is 22.9. The largest absolute Gasteiger partial charge is 0.488 e. The Morgan fingerprint density at radius 2 is 0.781 bits per heavy atom. The number of rotatable bonds is 8. The lowest BCUT2D eigenvalue weighted by atomic mass is 9.80. The predicted octanol–water partition coefficient (Wildman–Crippen LogP) is 14.5. The first-order valence-corrected chi connectivity index (χ1v) is 27.8. The molecule has 0 spiro atoms. The maximum Gasteiger partial charge on any atom is 0.488 e. The van der Waals surface area contributed by atoms with Gasteiger partial charge in [0.05, 0.1) is 11.1 Å². The zero-order chi connectivity index (χ0) is 46.0. The van der Waals surface area contributed by atoms with E-state index in [9.17, 15) is 35.5 Å². The summed E-state index contributed by atoms with van der Waals surface area (Å²) in [4.78, 5) is 0. The van der Waals surface area contributed by atoms with Crippen LogP contribution in [0.25, 0.3) is 11.1 Å². The average molecular weight is 994 g/mol. The molecule has 4 aromatic rings. The van der Waals surface area contributed by atoms with Crippen LogP contribution in [-0.4, -0.2) is 39.8 Å². The molecule has 14 heteroatoms. The SMILES string of the molecule is O=P(c1ccccc1-c1ccc(C(F)(F)F)cc1)(C1CCCCC1)C1CCCCC1.O=P(c1ccccc1Br)(C1CCCCC1)C1CCCCC1.OB(O)c1ccc(C(F)(F)F)cc1. The van der Waals surface area contributed by atoms with Crippen molar-refractivity contribution in [3.63, 3.8) is 0 Å². The van der Waals surface area contributed by atoms with Crippen LogP contribution >= 0.6 is 30.2 Å². The molecule has 4 saturated carbocycles. The van der Waals surface area contributed by atoms with Crippen LogP contribution in [0.3, 0.4) is 0 Å². The fourth-order valence-electron chi connectivity index (χ4n) is 10.7. The van der Waals surface area contributed by atoms with Crippen molar-refractivity contribution in [2.75, 3.05) is 0 Å². The second-order valence-electron chi connectivity index (χ2n) is 18.1. The van der Waals surface area contributed by atoms with Gasteiger partial charge >= 0.3 is 19.5 Å². The van der Waals surface area contributed by atoms with Gasteiger partial charge < -0.3 is 19.2 Å². The monoisotopic (exact) mass is 992 g/mol. The summed E-state index contributed by atoms with van der Waals surface area (Å²) >= 11 is 3.69. The number of hydrogen-bond acceptors (Lipinski definition) is 4. The third-order valence-corrected chi connectivity index (χ3v) is 23.7. The Labute approximate surface area is 384 Å². The average Bonchev–Trinajstić information content (AvgIpc) is 3.32. The maximum absolute atomic E-state index is 15.0. The van der Waals surface area contributed by atoms with Crippen molar-refractivity contribution in [1.82, 2.24) is 0 Å². The third-order valence-electron chi connectivity index (χ3n) is 14.0. The zero-order valence-corrected chi connectivity index (χ0v) is 39.9. The molecule has 0 unspecified atom stereocenters. The van der Waals surface area contributed by atoms with Gasteiger partial charge in [-0.25, -0.2) is 0 Å². The molecule has 0 heterocycles. The highest BCUT2D eigenvalue weighted by Gasteiger charge is 2.45. The first-order chi connectivity index (χ1) is 30.5. The zero-order valence-electron chi connectivity index (χ0n) is 36.5. The van der Waals surface area contributed by atoms with Crippen molar-refractivity contribution in [3.8, 4) is 11.1 Å². The van der Waals surface area contributed by atoms with Gasteiger partial charge in [-0.2, -0.15) is 26.3 Å². The maximum atomic E-state index is 15.0. The molecular weight excluding hydrogens is 931 g/mol. The van der Waals surface area contributed by atoms with Gasteiger partial charge in [0.15, 0.2) is 0 Å². The van der Waals surface area contributed by atoms with E-state index in [2.05, 4.69) is 34.1 Å². The van der Waals surface area contributed by atoms with Crippen molar-refractivity contribution >= 4 is 53.4 Å². The van der Waals surface area contributed by atoms with Crippen LogP contribution in [0.15, 0.2) is 102 Å². The molecule has 2 N–H and O–H groups in total. The van der Waals surface area contributed by atoms with E-state index in [1.165, 1.54) is 89.2 Å². The highest BCUT2D eigenvalue weighted by Crippen LogP contribution is 2.64. The molecule has 8 rings (SSSR count). The van der Waals surface area contributed by atoms with E-state index >= 15 is 0 Å². The topological polar surface area (TPSA) is 74.6 Å². The Morgan fingerprint density at radius 1 is 0.453 bits per heavy atom. The van der Waals surface area contributed by atoms with Gasteiger partial charge in [0.2, 0.25) is 0 Å². The molecular formula is C50H62BBrF6O4P2. The fraction of sp³-hybridized carbons (Fsp3) is 0.520. The van der Waals surface area contributed by atoms with Crippen molar-refractivity contribution in [2.24, 2.45) is 0 Å². The first-order valence-electron chi connectivity index (χ1n) is 23.3. The molecule has 348 valence electrons. The van der Waals surface area contributed by atoms with E-state index in [0.29, 0.717) is 11.3 Å². The Kier molecular flexibility index (Phi) is 18.2. The molecule has 0 atom stereocenters. The summed E-state index contributed by atoms with van der Waals surface area (Å²) in [6.45, 7) is 0. The van der Waals surface area contributed by atoms with E-state index in [-0.39, 0.29) is 16.8 Å². The first kappa shape index (κ1) is 50.8. The van der Waals surface area contributed by atoms with Crippen molar-refractivity contribution < 1.29 is 45.5 Å². The Balaban J connectivity index is 0.000000174. The van der Waals surface area contributed by atoms with Crippen molar-refractivity contribution in [2.45, 2.75) is 163 Å². The normalized spacial score (nSPS) is 18.9. The van der Waals surface area contributed by atoms with Gasteiger partial charge in [0.25, 0.3) is 0 Å². The molecule has 0 bridgehead atoms. The smallest absolute Gasteiger partial charge is 0.423 e. The molecule has 0 saturated heterocycles. The van der Waals surface area contributed by atoms with Gasteiger partial charge in [-0.3, -0.25) is 0 Å². The van der Waals surface area contributed by atoms with Crippen LogP contribution in [-0.2, 0) is 21.5 Å². The number of halogens is 7. The standard InChI is InChI=1S/C25H30F3OP.C18H26BrOP.C7H6BF3O2/c26-25(27,28)20-17-15-19(16-18-20)23-13-7-8-14-24(23)30(29,21-9-3-1-4-10-21)22-11-5-2-6-12-22;19-17-13-7-8-14-18(17)21(20,15-9-3-1-4-10-15)16-11-5-2-6-12-16;9-7(10,11)5-1-3-6(4-2-5)8(12)13/h7-8,13-18,21-22H,1-6,9-12H2;7-8,13-16H,1-6,9-12H2;1-4,12-13H. The van der Waals surface area contributed by atoms with Crippen LogP contribution in [0.1, 0.15) is 140 Å². The van der Waals surface area contributed by atoms with Crippen LogP contribution in [0.5, 0.6) is 0 Å². The summed E-state index contributed by atoms with van der Waals surface area (Å²) in [7, 11) is -6.73. The lowest BCUT2D eigenvalue weighted by molar-refractivity contribution is -0.138. The molecule has 4 aliphatic rings. The van der Waals surface area contributed by atoms with Crippen LogP contribution < -0.4 is 16.1 Å². The van der Waals surface area contributed by atoms with E-state index in [1.807, 2.05) is 30.3 Å². The Hall–Kier alpha value is -2.62. The fourth-order valence-corrected chi connectivity index (χ4v) is 20.7. The highest BCUT2D eigenvalue weighted by molar-refractivity contribution is 9.10. The van der Waals surface area contributed by atoms with Gasteiger partial charge in [-0.15, -0.1) is 0 Å². The molecule has 0 amide bonds. The minimum absolute atomic E-state index is 0.0352. The quantitative estimate of drug-likeness (QED) is 0.105. The molecule has 4 nitrogen and oxygen atoms in total. The second-order valence-corrected chi connectivity index (χ2v) is 25.7. The van der Waals surface area contributed by atoms with Crippen molar-refractivity contribution in [3.05, 3.63) is 113 Å². The van der Waals surface area contributed by atoms with Gasteiger partial charge in [0, 0.05) is 37.7 Å². The van der Waals surface area contributed by atoms with Crippen LogP contribution in [0, 0.1) is 0 Å². The summed E-state index contributed by atoms with van der Waals surface area (Å²) in [5.41, 5.74) is 1.46. The number of alkyl halides is 6. The lowest BCUT2D eigenvalue weighted by Gasteiger charge is -2.39.